The molecule has 1 heterocycles. The van der Waals surface area contributed by atoms with Crippen molar-refractivity contribution in [1.82, 2.24) is 9.78 Å². The van der Waals surface area contributed by atoms with Crippen molar-refractivity contribution in [3.63, 3.8) is 0 Å². The Kier molecular flexibility index (Phi) is 4.86. The van der Waals surface area contributed by atoms with Gasteiger partial charge in [-0.05, 0) is 42.0 Å². The first-order chi connectivity index (χ1) is 9.21. The zero-order chi connectivity index (χ0) is 13.7. The summed E-state index contributed by atoms with van der Waals surface area (Å²) in [4.78, 5) is 0. The zero-order valence-electron chi connectivity index (χ0n) is 11.3. The number of ether oxygens (including phenoxy) is 1. The number of aryl methyl sites for hydroxylation is 1. The molecule has 0 aliphatic carbocycles. The number of alkyl halides is 1. The van der Waals surface area contributed by atoms with Crippen LogP contribution in [-0.4, -0.2) is 22.8 Å². The van der Waals surface area contributed by atoms with Crippen LogP contribution in [0.3, 0.4) is 0 Å². The van der Waals surface area contributed by atoms with Gasteiger partial charge in [-0.25, -0.2) is 0 Å². The minimum Gasteiger partial charge on any atom is -0.497 e. The van der Waals surface area contributed by atoms with Gasteiger partial charge in [-0.2, -0.15) is 5.10 Å². The zero-order valence-corrected chi connectivity index (χ0v) is 12.1. The molecule has 0 aliphatic rings. The molecule has 1 atom stereocenters. The Balaban J connectivity index is 2.01. The normalized spacial score (nSPS) is 12.4. The average molecular weight is 279 g/mol. The maximum atomic E-state index is 6.09. The molecule has 0 N–H and O–H groups in total. The van der Waals surface area contributed by atoms with Crippen molar-refractivity contribution in [1.29, 1.82) is 0 Å². The van der Waals surface area contributed by atoms with Gasteiger partial charge < -0.3 is 4.74 Å². The van der Waals surface area contributed by atoms with Crippen LogP contribution in [0.1, 0.15) is 11.1 Å². The SMILES string of the molecule is COc1cccc(CC(CCl)Cc2cnn(C)c2)c1. The van der Waals surface area contributed by atoms with E-state index in [9.17, 15) is 0 Å². The summed E-state index contributed by atoms with van der Waals surface area (Å²) in [5, 5.41) is 4.19. The highest BCUT2D eigenvalue weighted by Crippen LogP contribution is 2.19. The summed E-state index contributed by atoms with van der Waals surface area (Å²) in [7, 11) is 3.62. The standard InChI is InChI=1S/C15H19ClN2O/c1-18-11-14(10-17-18)7-13(9-16)6-12-4-3-5-15(8-12)19-2/h3-5,8,10-11,13H,6-7,9H2,1-2H3. The van der Waals surface area contributed by atoms with Crippen LogP contribution in [0.4, 0.5) is 0 Å². The summed E-state index contributed by atoms with van der Waals surface area (Å²) in [6.45, 7) is 0. The summed E-state index contributed by atoms with van der Waals surface area (Å²) in [5.41, 5.74) is 2.49. The monoisotopic (exact) mass is 278 g/mol. The quantitative estimate of drug-likeness (QED) is 0.760. The molecule has 102 valence electrons. The van der Waals surface area contributed by atoms with E-state index in [2.05, 4.69) is 17.2 Å². The van der Waals surface area contributed by atoms with E-state index in [0.717, 1.165) is 18.6 Å². The van der Waals surface area contributed by atoms with Crippen LogP contribution in [0, 0.1) is 5.92 Å². The fourth-order valence-electron chi connectivity index (χ4n) is 2.22. The third kappa shape index (κ3) is 4.00. The first kappa shape index (κ1) is 13.9. The van der Waals surface area contributed by atoms with Crippen molar-refractivity contribution in [2.24, 2.45) is 13.0 Å². The van der Waals surface area contributed by atoms with Crippen molar-refractivity contribution >= 4 is 11.6 Å². The van der Waals surface area contributed by atoms with Crippen molar-refractivity contribution in [3.05, 3.63) is 47.8 Å². The van der Waals surface area contributed by atoms with E-state index in [-0.39, 0.29) is 0 Å². The Labute approximate surface area is 119 Å². The minimum atomic E-state index is 0.415. The third-order valence-electron chi connectivity index (χ3n) is 3.16. The number of halogens is 1. The molecule has 0 saturated heterocycles. The number of aromatic nitrogens is 2. The Morgan fingerprint density at radius 2 is 2.11 bits per heavy atom. The van der Waals surface area contributed by atoms with Gasteiger partial charge in [0.1, 0.15) is 5.75 Å². The van der Waals surface area contributed by atoms with E-state index < -0.39 is 0 Å². The van der Waals surface area contributed by atoms with Gasteiger partial charge in [0.2, 0.25) is 0 Å². The topological polar surface area (TPSA) is 27.1 Å². The molecule has 0 bridgehead atoms. The number of rotatable bonds is 6. The molecule has 0 aliphatic heterocycles. The molecule has 2 rings (SSSR count). The summed E-state index contributed by atoms with van der Waals surface area (Å²) in [6.07, 6.45) is 5.86. The lowest BCUT2D eigenvalue weighted by molar-refractivity contribution is 0.414. The highest BCUT2D eigenvalue weighted by atomic mass is 35.5. The minimum absolute atomic E-state index is 0.415. The molecular weight excluding hydrogens is 260 g/mol. The van der Waals surface area contributed by atoms with Crippen LogP contribution in [0.15, 0.2) is 36.7 Å². The molecule has 1 unspecified atom stereocenters. The average Bonchev–Trinajstić information content (AvgIpc) is 2.83. The smallest absolute Gasteiger partial charge is 0.119 e. The summed E-state index contributed by atoms with van der Waals surface area (Å²) in [5.74, 6) is 1.96. The lowest BCUT2D eigenvalue weighted by Crippen LogP contribution is -2.10. The predicted molar refractivity (Wildman–Crippen MR) is 77.8 cm³/mol. The van der Waals surface area contributed by atoms with Gasteiger partial charge in [-0.3, -0.25) is 4.68 Å². The maximum Gasteiger partial charge on any atom is 0.119 e. The number of hydrogen-bond donors (Lipinski definition) is 0. The molecule has 0 radical (unpaired) electrons. The fourth-order valence-corrected chi connectivity index (χ4v) is 2.44. The van der Waals surface area contributed by atoms with E-state index in [4.69, 9.17) is 16.3 Å². The molecule has 4 heteroatoms. The molecule has 2 aromatic rings. The van der Waals surface area contributed by atoms with Crippen LogP contribution in [-0.2, 0) is 19.9 Å². The lowest BCUT2D eigenvalue weighted by Gasteiger charge is -2.13. The van der Waals surface area contributed by atoms with E-state index in [1.807, 2.05) is 36.3 Å². The molecule has 19 heavy (non-hydrogen) atoms. The van der Waals surface area contributed by atoms with E-state index in [1.54, 1.807) is 7.11 Å². The van der Waals surface area contributed by atoms with E-state index >= 15 is 0 Å². The molecular formula is C15H19ClN2O. The van der Waals surface area contributed by atoms with Crippen molar-refractivity contribution in [3.8, 4) is 5.75 Å². The second kappa shape index (κ2) is 6.62. The van der Waals surface area contributed by atoms with Crippen molar-refractivity contribution in [2.45, 2.75) is 12.8 Å². The summed E-state index contributed by atoms with van der Waals surface area (Å²) >= 11 is 6.09. The van der Waals surface area contributed by atoms with Gasteiger partial charge in [0.15, 0.2) is 0 Å². The van der Waals surface area contributed by atoms with Gasteiger partial charge in [-0.15, -0.1) is 11.6 Å². The Hall–Kier alpha value is -1.48. The highest BCUT2D eigenvalue weighted by Gasteiger charge is 2.11. The number of methoxy groups -OCH3 is 1. The molecule has 1 aromatic heterocycles. The van der Waals surface area contributed by atoms with Gasteiger partial charge in [-0.1, -0.05) is 12.1 Å². The molecule has 3 nitrogen and oxygen atoms in total. The fraction of sp³-hybridized carbons (Fsp3) is 0.400. The van der Waals surface area contributed by atoms with E-state index in [0.29, 0.717) is 11.8 Å². The van der Waals surface area contributed by atoms with E-state index in [1.165, 1.54) is 11.1 Å². The van der Waals surface area contributed by atoms with Gasteiger partial charge in [0, 0.05) is 19.1 Å². The predicted octanol–water partition coefficient (Wildman–Crippen LogP) is 3.07. The third-order valence-corrected chi connectivity index (χ3v) is 3.60. The number of benzene rings is 1. The Morgan fingerprint density at radius 1 is 1.32 bits per heavy atom. The molecule has 0 amide bonds. The van der Waals surface area contributed by atoms with Crippen molar-refractivity contribution in [2.75, 3.05) is 13.0 Å². The van der Waals surface area contributed by atoms with Crippen molar-refractivity contribution < 1.29 is 4.74 Å². The second-order valence-corrected chi connectivity index (χ2v) is 5.11. The first-order valence-corrected chi connectivity index (χ1v) is 6.91. The molecule has 0 spiro atoms. The Morgan fingerprint density at radius 3 is 2.74 bits per heavy atom. The van der Waals surface area contributed by atoms with Crippen LogP contribution in [0.25, 0.3) is 0 Å². The summed E-state index contributed by atoms with van der Waals surface area (Å²) in [6, 6.07) is 8.16. The molecule has 1 aromatic carbocycles. The highest BCUT2D eigenvalue weighted by molar-refractivity contribution is 6.18. The van der Waals surface area contributed by atoms with Crippen LogP contribution in [0.5, 0.6) is 5.75 Å². The van der Waals surface area contributed by atoms with Gasteiger partial charge >= 0.3 is 0 Å². The second-order valence-electron chi connectivity index (χ2n) is 4.80. The largest absolute Gasteiger partial charge is 0.497 e. The van der Waals surface area contributed by atoms with Crippen LogP contribution >= 0.6 is 11.6 Å². The summed E-state index contributed by atoms with van der Waals surface area (Å²) < 4.78 is 7.07. The van der Waals surface area contributed by atoms with Crippen LogP contribution < -0.4 is 4.74 Å². The van der Waals surface area contributed by atoms with Gasteiger partial charge in [0.05, 0.1) is 13.3 Å². The number of hydrogen-bond acceptors (Lipinski definition) is 2. The Bertz CT molecular complexity index is 524. The van der Waals surface area contributed by atoms with Gasteiger partial charge in [0.25, 0.3) is 0 Å². The maximum absolute atomic E-state index is 6.09. The number of nitrogens with zero attached hydrogens (tertiary/aromatic N) is 2. The van der Waals surface area contributed by atoms with Crippen LogP contribution in [0.2, 0.25) is 0 Å². The molecule has 0 fully saturated rings. The lowest BCUT2D eigenvalue weighted by atomic mass is 9.95. The molecule has 0 saturated carbocycles. The first-order valence-electron chi connectivity index (χ1n) is 6.37.